The van der Waals surface area contributed by atoms with Crippen LogP contribution >= 0.6 is 0 Å². The van der Waals surface area contributed by atoms with Crippen LogP contribution < -0.4 is 4.90 Å². The van der Waals surface area contributed by atoms with Crippen molar-refractivity contribution in [2.45, 2.75) is 49.7 Å². The highest BCUT2D eigenvalue weighted by atomic mass is 16.3. The van der Waals surface area contributed by atoms with Crippen LogP contribution in [0.1, 0.15) is 36.8 Å². The highest BCUT2D eigenvalue weighted by Crippen LogP contribution is 2.46. The minimum absolute atomic E-state index is 0.00826. The van der Waals surface area contributed by atoms with E-state index in [1.54, 1.807) is 0 Å². The van der Waals surface area contributed by atoms with E-state index in [0.717, 1.165) is 51.4 Å². The van der Waals surface area contributed by atoms with Gasteiger partial charge in [-0.15, -0.1) is 0 Å². The monoisotopic (exact) mass is 364 g/mol. The number of aliphatic hydroxyl groups is 1. The number of fused-ring (bicyclic) bond motifs is 2. The molecule has 1 aromatic heterocycles. The van der Waals surface area contributed by atoms with Crippen molar-refractivity contribution in [3.63, 3.8) is 0 Å². The average Bonchev–Trinajstić information content (AvgIpc) is 3.01. The first-order valence-electron chi connectivity index (χ1n) is 10.3. The zero-order valence-corrected chi connectivity index (χ0v) is 15.8. The van der Waals surface area contributed by atoms with Crippen LogP contribution in [-0.4, -0.2) is 58.3 Å². The molecule has 1 aliphatic carbocycles. The minimum atomic E-state index is -0.214. The van der Waals surface area contributed by atoms with Crippen molar-refractivity contribution in [3.05, 3.63) is 53.9 Å². The van der Waals surface area contributed by atoms with Crippen LogP contribution in [0.4, 0.5) is 5.95 Å². The normalized spacial score (nSPS) is 25.7. The number of anilines is 1. The van der Waals surface area contributed by atoms with Gasteiger partial charge in [0.15, 0.2) is 0 Å². The molecular formula is C22H28N4O. The molecule has 5 rings (SSSR count). The van der Waals surface area contributed by atoms with E-state index in [0.29, 0.717) is 6.04 Å². The second-order valence-electron chi connectivity index (χ2n) is 8.34. The molecule has 2 saturated heterocycles. The number of piperidine rings is 2. The molecule has 2 fully saturated rings. The number of rotatable bonds is 2. The smallest absolute Gasteiger partial charge is 0.225 e. The van der Waals surface area contributed by atoms with Crippen molar-refractivity contribution in [1.29, 1.82) is 0 Å². The fraction of sp³-hybridized carbons (Fsp3) is 0.545. The summed E-state index contributed by atoms with van der Waals surface area (Å²) in [5.74, 6) is 0.860. The van der Waals surface area contributed by atoms with Crippen molar-refractivity contribution >= 4 is 5.95 Å². The summed E-state index contributed by atoms with van der Waals surface area (Å²) in [6.07, 6.45) is 8.75. The molecule has 0 saturated carbocycles. The lowest BCUT2D eigenvalue weighted by Gasteiger charge is -2.46. The maximum absolute atomic E-state index is 10.8. The Hall–Kier alpha value is -1.98. The van der Waals surface area contributed by atoms with Gasteiger partial charge < -0.3 is 14.9 Å². The molecule has 0 bridgehead atoms. The fourth-order valence-electron chi connectivity index (χ4n) is 5.54. The van der Waals surface area contributed by atoms with Gasteiger partial charge in [-0.3, -0.25) is 0 Å². The third kappa shape index (κ3) is 2.93. The summed E-state index contributed by atoms with van der Waals surface area (Å²) in [4.78, 5) is 13.8. The predicted molar refractivity (Wildman–Crippen MR) is 106 cm³/mol. The van der Waals surface area contributed by atoms with Crippen molar-refractivity contribution in [2.24, 2.45) is 0 Å². The molecule has 2 aliphatic heterocycles. The largest absolute Gasteiger partial charge is 0.392 e. The molecular weight excluding hydrogens is 336 g/mol. The molecule has 3 heterocycles. The Morgan fingerprint density at radius 1 is 0.926 bits per heavy atom. The van der Waals surface area contributed by atoms with E-state index in [-0.39, 0.29) is 11.5 Å². The van der Waals surface area contributed by atoms with Crippen LogP contribution in [0.15, 0.2) is 42.7 Å². The van der Waals surface area contributed by atoms with E-state index in [1.807, 2.05) is 18.5 Å². The van der Waals surface area contributed by atoms with Gasteiger partial charge in [0.25, 0.3) is 0 Å². The topological polar surface area (TPSA) is 52.5 Å². The molecule has 1 atom stereocenters. The number of likely N-dealkylation sites (tertiary alicyclic amines) is 1. The Morgan fingerprint density at radius 3 is 2.37 bits per heavy atom. The van der Waals surface area contributed by atoms with E-state index in [4.69, 9.17) is 0 Å². The summed E-state index contributed by atoms with van der Waals surface area (Å²) in [6, 6.07) is 11.2. The Balaban J connectivity index is 1.22. The SMILES string of the molecule is OC1Cc2ccccc2C12CCN(C1CCN(c3ncccn3)CC1)CC2. The number of hydrogen-bond acceptors (Lipinski definition) is 5. The lowest BCUT2D eigenvalue weighted by Crippen LogP contribution is -2.53. The second kappa shape index (κ2) is 6.88. The highest BCUT2D eigenvalue weighted by molar-refractivity contribution is 5.42. The average molecular weight is 364 g/mol. The molecule has 1 spiro atoms. The summed E-state index contributed by atoms with van der Waals surface area (Å²) in [6.45, 7) is 4.25. The van der Waals surface area contributed by atoms with Gasteiger partial charge in [0.2, 0.25) is 5.95 Å². The summed E-state index contributed by atoms with van der Waals surface area (Å²) >= 11 is 0. The maximum atomic E-state index is 10.8. The zero-order chi connectivity index (χ0) is 18.3. The quantitative estimate of drug-likeness (QED) is 0.887. The van der Waals surface area contributed by atoms with Gasteiger partial charge in [-0.25, -0.2) is 9.97 Å². The van der Waals surface area contributed by atoms with Crippen molar-refractivity contribution in [3.8, 4) is 0 Å². The molecule has 1 N–H and O–H groups in total. The number of nitrogens with zero attached hydrogens (tertiary/aromatic N) is 4. The van der Waals surface area contributed by atoms with Gasteiger partial charge in [-0.05, 0) is 62.4 Å². The van der Waals surface area contributed by atoms with Crippen LogP contribution in [0.2, 0.25) is 0 Å². The molecule has 1 aromatic carbocycles. The summed E-state index contributed by atoms with van der Waals surface area (Å²) in [7, 11) is 0. The lowest BCUT2D eigenvalue weighted by atomic mass is 9.72. The number of aromatic nitrogens is 2. The minimum Gasteiger partial charge on any atom is -0.392 e. The molecule has 0 amide bonds. The van der Waals surface area contributed by atoms with Crippen LogP contribution in [0.3, 0.4) is 0 Å². The Kier molecular flexibility index (Phi) is 4.37. The molecule has 5 nitrogen and oxygen atoms in total. The number of hydrogen-bond donors (Lipinski definition) is 1. The van der Waals surface area contributed by atoms with Crippen LogP contribution in [0.5, 0.6) is 0 Å². The Morgan fingerprint density at radius 2 is 1.63 bits per heavy atom. The second-order valence-corrected chi connectivity index (χ2v) is 8.34. The van der Waals surface area contributed by atoms with Gasteiger partial charge in [-0.2, -0.15) is 0 Å². The van der Waals surface area contributed by atoms with Crippen molar-refractivity contribution in [2.75, 3.05) is 31.1 Å². The first-order valence-corrected chi connectivity index (χ1v) is 10.3. The zero-order valence-electron chi connectivity index (χ0n) is 15.8. The molecule has 0 radical (unpaired) electrons. The van der Waals surface area contributed by atoms with E-state index >= 15 is 0 Å². The van der Waals surface area contributed by atoms with Gasteiger partial charge in [0.05, 0.1) is 6.10 Å². The van der Waals surface area contributed by atoms with Gasteiger partial charge in [-0.1, -0.05) is 24.3 Å². The maximum Gasteiger partial charge on any atom is 0.225 e. The summed E-state index contributed by atoms with van der Waals surface area (Å²) in [5.41, 5.74) is 2.76. The third-order valence-corrected chi connectivity index (χ3v) is 7.11. The first-order chi connectivity index (χ1) is 13.3. The summed E-state index contributed by atoms with van der Waals surface area (Å²) in [5, 5.41) is 10.8. The molecule has 1 unspecified atom stereocenters. The van der Waals surface area contributed by atoms with E-state index in [1.165, 1.54) is 24.0 Å². The fourth-order valence-corrected chi connectivity index (χ4v) is 5.54. The highest BCUT2D eigenvalue weighted by Gasteiger charge is 2.48. The number of benzene rings is 1. The molecule has 2 aromatic rings. The third-order valence-electron chi connectivity index (χ3n) is 7.11. The number of aliphatic hydroxyl groups excluding tert-OH is 1. The van der Waals surface area contributed by atoms with Crippen LogP contribution in [0, 0.1) is 0 Å². The molecule has 3 aliphatic rings. The molecule has 5 heteroatoms. The molecule has 27 heavy (non-hydrogen) atoms. The predicted octanol–water partition coefficient (Wildman–Crippen LogP) is 2.40. The Labute approximate surface area is 161 Å². The van der Waals surface area contributed by atoms with Crippen LogP contribution in [0.25, 0.3) is 0 Å². The van der Waals surface area contributed by atoms with Crippen molar-refractivity contribution in [1.82, 2.24) is 14.9 Å². The lowest BCUT2D eigenvalue weighted by molar-refractivity contribution is 0.0264. The van der Waals surface area contributed by atoms with E-state index in [9.17, 15) is 5.11 Å². The van der Waals surface area contributed by atoms with Crippen LogP contribution in [-0.2, 0) is 11.8 Å². The van der Waals surface area contributed by atoms with Gasteiger partial charge >= 0.3 is 0 Å². The standard InChI is InChI=1S/C22H28N4O/c27-20-16-17-4-1-2-5-19(17)22(20)8-14-25(15-9-22)18-6-12-26(13-7-18)21-23-10-3-11-24-21/h1-5,10-11,18,20,27H,6-9,12-16H2. The van der Waals surface area contributed by atoms with Gasteiger partial charge in [0, 0.05) is 36.9 Å². The summed E-state index contributed by atoms with van der Waals surface area (Å²) < 4.78 is 0. The van der Waals surface area contributed by atoms with E-state index in [2.05, 4.69) is 44.0 Å². The Bertz CT molecular complexity index is 780. The van der Waals surface area contributed by atoms with E-state index < -0.39 is 0 Å². The first kappa shape index (κ1) is 17.1. The van der Waals surface area contributed by atoms with Gasteiger partial charge in [0.1, 0.15) is 0 Å². The van der Waals surface area contributed by atoms with Crippen molar-refractivity contribution < 1.29 is 5.11 Å². The molecule has 142 valence electrons.